The van der Waals surface area contributed by atoms with Gasteiger partial charge < -0.3 is 0 Å². The number of alkyl halides is 1. The molecule has 1 saturated carbocycles. The number of rotatable bonds is 0. The zero-order valence-electron chi connectivity index (χ0n) is 15.3. The van der Waals surface area contributed by atoms with E-state index in [2.05, 4.69) is 6.07 Å². The molecule has 1 amide bonds. The van der Waals surface area contributed by atoms with E-state index < -0.39 is 5.60 Å². The van der Waals surface area contributed by atoms with Crippen LogP contribution in [0.3, 0.4) is 0 Å². The van der Waals surface area contributed by atoms with Gasteiger partial charge in [0.05, 0.1) is 0 Å². The van der Waals surface area contributed by atoms with E-state index in [-0.39, 0.29) is 33.0 Å². The van der Waals surface area contributed by atoms with Crippen LogP contribution in [0.4, 0.5) is 4.79 Å². The Labute approximate surface area is 160 Å². The summed E-state index contributed by atoms with van der Waals surface area (Å²) in [6, 6.07) is 6.26. The molecule has 1 aromatic rings. The van der Waals surface area contributed by atoms with Crippen LogP contribution in [-0.2, 0) is 16.6 Å². The molecule has 25 heavy (non-hydrogen) atoms. The molecule has 138 valence electrons. The molecule has 1 aliphatic heterocycles. The van der Waals surface area contributed by atoms with Crippen molar-refractivity contribution in [3.8, 4) is 5.75 Å². The van der Waals surface area contributed by atoms with E-state index >= 15 is 0 Å². The van der Waals surface area contributed by atoms with Gasteiger partial charge in [-0.2, -0.15) is 0 Å². The Morgan fingerprint density at radius 2 is 2.16 bits per heavy atom. The number of phenols is 1. The van der Waals surface area contributed by atoms with E-state index in [9.17, 15) is 9.90 Å². The fourth-order valence-corrected chi connectivity index (χ4v) is 9.19. The summed E-state index contributed by atoms with van der Waals surface area (Å²) < 4.78 is 8.01. The summed E-state index contributed by atoms with van der Waals surface area (Å²) in [4.78, 5) is 12.9. The molecule has 0 aromatic heterocycles. The number of hydrogen-bond donors (Lipinski definition) is 2. The topological polar surface area (TPSA) is 51.0 Å². The molecule has 1 heterocycles. The van der Waals surface area contributed by atoms with Gasteiger partial charge in [0.25, 0.3) is 0 Å². The monoisotopic (exact) mass is 457 g/mol. The van der Waals surface area contributed by atoms with Gasteiger partial charge in [0.1, 0.15) is 0 Å². The molecule has 2 fully saturated rings. The molecule has 4 atom stereocenters. The van der Waals surface area contributed by atoms with Gasteiger partial charge in [-0.3, -0.25) is 0 Å². The van der Waals surface area contributed by atoms with Crippen LogP contribution in [0.15, 0.2) is 18.2 Å². The van der Waals surface area contributed by atoms with E-state index in [1.54, 1.807) is 6.07 Å². The molecule has 4 rings (SSSR count). The summed E-state index contributed by atoms with van der Waals surface area (Å²) in [5, 5.41) is 10.1. The van der Waals surface area contributed by atoms with Gasteiger partial charge in [-0.05, 0) is 0 Å². The summed E-state index contributed by atoms with van der Waals surface area (Å²) in [5.41, 5.74) is 2.50. The molecular formula is C20H28INO3. The molecular weight excluding hydrogens is 429 g/mol. The second kappa shape index (κ2) is 6.12. The first-order chi connectivity index (χ1) is 11.8. The standard InChI is InChI=1S/C20H28INO3/c1-19(2,3)25-18(24)22-17-10-13-7-8-14(23)11-16(13)20(12-21-22)9-5-4-6-15(17)20/h7-8,11,15,17,22-23H,4-6,9-10,12H2,1-3H3/t15-,17+,20+/m1/s1. The molecule has 2 aliphatic carbocycles. The van der Waals surface area contributed by atoms with Crippen molar-refractivity contribution in [1.82, 2.24) is 0 Å². The molecule has 1 aromatic carbocycles. The summed E-state index contributed by atoms with van der Waals surface area (Å²) in [6.07, 6.45) is 5.85. The number of aromatic hydroxyl groups is 1. The minimum atomic E-state index is -0.423. The quantitative estimate of drug-likeness (QED) is 0.316. The number of nitrogens with one attached hydrogen (secondary N) is 1. The molecule has 0 spiro atoms. The third-order valence-corrected chi connectivity index (χ3v) is 9.83. The zero-order chi connectivity index (χ0) is 17.8. The van der Waals surface area contributed by atoms with Crippen LogP contribution in [-0.4, -0.2) is 27.3 Å². The normalized spacial score (nSPS) is 34.3. The first-order valence-electron chi connectivity index (χ1n) is 9.32. The second-order valence-corrected chi connectivity index (χ2v) is 11.5. The van der Waals surface area contributed by atoms with Gasteiger partial charge in [-0.15, -0.1) is 0 Å². The molecule has 5 heteroatoms. The summed E-state index contributed by atoms with van der Waals surface area (Å²) in [7, 11) is 0. The van der Waals surface area contributed by atoms with E-state index in [0.29, 0.717) is 17.7 Å². The van der Waals surface area contributed by atoms with Crippen molar-refractivity contribution in [3.63, 3.8) is 0 Å². The van der Waals surface area contributed by atoms with Gasteiger partial charge in [0, 0.05) is 0 Å². The van der Waals surface area contributed by atoms with Gasteiger partial charge >= 0.3 is 161 Å². The number of quaternary nitrogens is 1. The molecule has 4 nitrogen and oxygen atoms in total. The predicted octanol–water partition coefficient (Wildman–Crippen LogP) is -0.417. The summed E-state index contributed by atoms with van der Waals surface area (Å²) >= 11 is -0.312. The molecule has 2 bridgehead atoms. The Morgan fingerprint density at radius 3 is 2.92 bits per heavy atom. The Hall–Kier alpha value is -0.820. The maximum atomic E-state index is 12.9. The van der Waals surface area contributed by atoms with Crippen LogP contribution in [0, 0.1) is 5.92 Å². The van der Waals surface area contributed by atoms with Crippen LogP contribution in [0.1, 0.15) is 57.6 Å². The number of carbonyl (C=O) groups excluding carboxylic acids is 1. The Bertz CT molecular complexity index is 699. The Morgan fingerprint density at radius 1 is 1.36 bits per heavy atom. The number of amides is 1. The SMILES string of the molecule is CC(C)(C)OC(=O)[NH+]1[I-]C[C@@]23CCCC[C@@H]2[C@@H]1Cc1ccc(O)cc13. The molecule has 0 radical (unpaired) electrons. The molecule has 2 N–H and O–H groups in total. The van der Waals surface area contributed by atoms with Crippen LogP contribution >= 0.6 is 0 Å². The van der Waals surface area contributed by atoms with Gasteiger partial charge in [0.2, 0.25) is 0 Å². The maximum absolute atomic E-state index is 12.9. The van der Waals surface area contributed by atoms with Gasteiger partial charge in [0.15, 0.2) is 0 Å². The number of halogens is 1. The van der Waals surface area contributed by atoms with Gasteiger partial charge in [-0.25, -0.2) is 0 Å². The zero-order valence-corrected chi connectivity index (χ0v) is 17.4. The number of carbonyl (C=O) groups is 1. The third kappa shape index (κ3) is 2.97. The summed E-state index contributed by atoms with van der Waals surface area (Å²) in [6.45, 7) is 5.86. The fraction of sp³-hybridized carbons (Fsp3) is 0.650. The van der Waals surface area contributed by atoms with E-state index in [0.717, 1.165) is 14.0 Å². The Kier molecular flexibility index (Phi) is 4.30. The Balaban J connectivity index is 1.73. The number of alkyl carbamates (subject to hydrolysis) is 1. The average molecular weight is 457 g/mol. The number of ether oxygens (including phenoxy) is 1. The van der Waals surface area contributed by atoms with Crippen LogP contribution in [0.5, 0.6) is 5.75 Å². The van der Waals surface area contributed by atoms with Crippen molar-refractivity contribution in [3.05, 3.63) is 29.3 Å². The summed E-state index contributed by atoms with van der Waals surface area (Å²) in [5.74, 6) is 0.933. The average Bonchev–Trinajstić information content (AvgIpc) is 2.54. The van der Waals surface area contributed by atoms with Crippen molar-refractivity contribution in [1.29, 1.82) is 0 Å². The van der Waals surface area contributed by atoms with E-state index in [1.807, 2.05) is 26.8 Å². The number of benzene rings is 1. The van der Waals surface area contributed by atoms with Crippen LogP contribution in [0.2, 0.25) is 0 Å². The first-order valence-corrected chi connectivity index (χ1v) is 11.9. The molecule has 1 saturated heterocycles. The van der Waals surface area contributed by atoms with Gasteiger partial charge in [-0.1, -0.05) is 0 Å². The van der Waals surface area contributed by atoms with Crippen LogP contribution < -0.4 is 24.6 Å². The second-order valence-electron chi connectivity index (χ2n) is 8.78. The van der Waals surface area contributed by atoms with Crippen molar-refractivity contribution in [2.24, 2.45) is 5.92 Å². The van der Waals surface area contributed by atoms with Crippen molar-refractivity contribution in [2.45, 2.75) is 69.9 Å². The van der Waals surface area contributed by atoms with Crippen molar-refractivity contribution in [2.75, 3.05) is 4.43 Å². The first kappa shape index (κ1) is 17.6. The van der Waals surface area contributed by atoms with E-state index in [4.69, 9.17) is 4.74 Å². The van der Waals surface area contributed by atoms with E-state index in [1.165, 1.54) is 36.8 Å². The third-order valence-electron chi connectivity index (χ3n) is 6.02. The fourth-order valence-electron chi connectivity index (χ4n) is 5.10. The number of fused-ring (bicyclic) bond motifs is 1. The minimum absolute atomic E-state index is 0.0355. The van der Waals surface area contributed by atoms with Crippen molar-refractivity contribution >= 4 is 6.09 Å². The molecule has 1 unspecified atom stereocenters. The number of hydrogen-bond acceptors (Lipinski definition) is 3. The van der Waals surface area contributed by atoms with Crippen LogP contribution in [0.25, 0.3) is 0 Å². The molecule has 3 aliphatic rings. The predicted molar refractivity (Wildman–Crippen MR) is 91.3 cm³/mol. The van der Waals surface area contributed by atoms with Crippen molar-refractivity contribution < 1.29 is 39.2 Å². The number of phenolic OH excluding ortho intramolecular Hbond substituents is 1.